The van der Waals surface area contributed by atoms with Crippen molar-refractivity contribution in [2.45, 2.75) is 0 Å². The normalized spacial score (nSPS) is 10.9. The Bertz CT molecular complexity index is 1100. The molecule has 0 atom stereocenters. The maximum atomic E-state index is 12.3. The number of aromatic hydroxyl groups is 1. The zero-order chi connectivity index (χ0) is 17.4. The summed E-state index contributed by atoms with van der Waals surface area (Å²) < 4.78 is 5.87. The number of phenolic OH excluding ortho intramolecular Hbond substituents is 1. The van der Waals surface area contributed by atoms with Crippen LogP contribution in [0.25, 0.3) is 21.9 Å². The van der Waals surface area contributed by atoms with Crippen molar-refractivity contribution in [1.82, 2.24) is 0 Å². The average Bonchev–Trinajstić information content (AvgIpc) is 2.97. The van der Waals surface area contributed by atoms with E-state index < -0.39 is 6.03 Å². The fraction of sp³-hybridized carbons (Fsp3) is 0. The quantitative estimate of drug-likeness (QED) is 0.412. The van der Waals surface area contributed by atoms with Gasteiger partial charge in [0.25, 0.3) is 0 Å². The average molecular weight is 353 g/mol. The van der Waals surface area contributed by atoms with Crippen molar-refractivity contribution < 1.29 is 14.3 Å². The molecule has 1 aromatic heterocycles. The molecule has 4 aromatic rings. The highest BCUT2D eigenvalue weighted by molar-refractivity contribution is 6.34. The molecular formula is C19H13ClN2O3. The summed E-state index contributed by atoms with van der Waals surface area (Å²) in [4.78, 5) is 12.3. The van der Waals surface area contributed by atoms with Crippen molar-refractivity contribution in [3.63, 3.8) is 0 Å². The molecule has 0 saturated heterocycles. The van der Waals surface area contributed by atoms with E-state index in [1.165, 1.54) is 18.2 Å². The number of halogens is 1. The number of carbonyl (C=O) groups excluding carboxylic acids is 1. The van der Waals surface area contributed by atoms with Gasteiger partial charge in [-0.25, -0.2) is 4.79 Å². The molecule has 5 nitrogen and oxygen atoms in total. The van der Waals surface area contributed by atoms with Crippen LogP contribution in [0.5, 0.6) is 5.75 Å². The van der Waals surface area contributed by atoms with Crippen molar-refractivity contribution >= 4 is 50.9 Å². The molecule has 0 bridgehead atoms. The van der Waals surface area contributed by atoms with Gasteiger partial charge in [0.2, 0.25) is 0 Å². The van der Waals surface area contributed by atoms with Crippen LogP contribution in [0, 0.1) is 0 Å². The first kappa shape index (κ1) is 15.4. The van der Waals surface area contributed by atoms with E-state index in [1.54, 1.807) is 6.07 Å². The first-order chi connectivity index (χ1) is 12.1. The third-order valence-corrected chi connectivity index (χ3v) is 4.17. The smallest absolute Gasteiger partial charge is 0.323 e. The van der Waals surface area contributed by atoms with E-state index >= 15 is 0 Å². The van der Waals surface area contributed by atoms with Gasteiger partial charge in [-0.2, -0.15) is 0 Å². The van der Waals surface area contributed by atoms with Crippen molar-refractivity contribution in [1.29, 1.82) is 0 Å². The van der Waals surface area contributed by atoms with Crippen LogP contribution < -0.4 is 10.6 Å². The maximum absolute atomic E-state index is 12.3. The van der Waals surface area contributed by atoms with E-state index in [-0.39, 0.29) is 10.8 Å². The van der Waals surface area contributed by atoms with Crippen LogP contribution in [-0.4, -0.2) is 11.1 Å². The Hall–Kier alpha value is -3.18. The Morgan fingerprint density at radius 2 is 1.68 bits per heavy atom. The molecule has 0 spiro atoms. The minimum absolute atomic E-state index is 0.0306. The first-order valence-electron chi connectivity index (χ1n) is 7.58. The van der Waals surface area contributed by atoms with Crippen LogP contribution in [0.4, 0.5) is 16.2 Å². The molecular weight excluding hydrogens is 340 g/mol. The van der Waals surface area contributed by atoms with Crippen LogP contribution >= 0.6 is 11.6 Å². The summed E-state index contributed by atoms with van der Waals surface area (Å²) in [5, 5.41) is 17.0. The molecule has 0 aliphatic carbocycles. The number of benzene rings is 3. The maximum Gasteiger partial charge on any atom is 0.323 e. The van der Waals surface area contributed by atoms with Gasteiger partial charge in [0, 0.05) is 16.8 Å². The summed E-state index contributed by atoms with van der Waals surface area (Å²) >= 11 is 6.00. The summed E-state index contributed by atoms with van der Waals surface area (Å²) in [7, 11) is 0. The van der Waals surface area contributed by atoms with Crippen LogP contribution in [-0.2, 0) is 0 Å². The molecule has 0 unspecified atom stereocenters. The first-order valence-corrected chi connectivity index (χ1v) is 7.96. The lowest BCUT2D eigenvalue weighted by molar-refractivity contribution is 0.262. The lowest BCUT2D eigenvalue weighted by Gasteiger charge is -2.09. The number of amides is 2. The number of urea groups is 1. The molecule has 3 N–H and O–H groups in total. The number of hydrogen-bond acceptors (Lipinski definition) is 3. The van der Waals surface area contributed by atoms with Gasteiger partial charge in [-0.1, -0.05) is 41.9 Å². The van der Waals surface area contributed by atoms with Crippen LogP contribution in [0.1, 0.15) is 0 Å². The van der Waals surface area contributed by atoms with Gasteiger partial charge in [-0.3, -0.25) is 0 Å². The SMILES string of the molecule is O=C(Nc1ccc(O)cc1Cl)Nc1cccc2c1oc1ccccc12. The van der Waals surface area contributed by atoms with Crippen molar-refractivity contribution in [2.75, 3.05) is 10.6 Å². The van der Waals surface area contributed by atoms with Crippen LogP contribution in [0.3, 0.4) is 0 Å². The molecule has 124 valence electrons. The van der Waals surface area contributed by atoms with Gasteiger partial charge in [-0.15, -0.1) is 0 Å². The highest BCUT2D eigenvalue weighted by atomic mass is 35.5. The van der Waals surface area contributed by atoms with Gasteiger partial charge in [0.15, 0.2) is 5.58 Å². The summed E-state index contributed by atoms with van der Waals surface area (Å²) in [5.41, 5.74) is 2.32. The van der Waals surface area contributed by atoms with E-state index in [0.717, 1.165) is 16.4 Å². The van der Waals surface area contributed by atoms with Crippen LogP contribution in [0.2, 0.25) is 5.02 Å². The van der Waals surface area contributed by atoms with Crippen molar-refractivity contribution in [3.05, 3.63) is 65.7 Å². The Morgan fingerprint density at radius 1 is 0.920 bits per heavy atom. The third kappa shape index (κ3) is 2.86. The summed E-state index contributed by atoms with van der Waals surface area (Å²) in [6.45, 7) is 0. The third-order valence-electron chi connectivity index (χ3n) is 3.85. The molecule has 0 aliphatic heterocycles. The standard InChI is InChI=1S/C19H13ClN2O3/c20-14-10-11(23)8-9-15(14)21-19(24)22-16-6-3-5-13-12-4-1-2-7-17(12)25-18(13)16/h1-10,23H,(H2,21,22,24). The number of hydrogen-bond donors (Lipinski definition) is 3. The van der Waals surface area contributed by atoms with Crippen LogP contribution in [0.15, 0.2) is 65.1 Å². The van der Waals surface area contributed by atoms with Crippen molar-refractivity contribution in [3.8, 4) is 5.75 Å². The highest BCUT2D eigenvalue weighted by Gasteiger charge is 2.13. The van der Waals surface area contributed by atoms with Gasteiger partial charge in [0.05, 0.1) is 16.4 Å². The van der Waals surface area contributed by atoms with Gasteiger partial charge in [-0.05, 0) is 24.3 Å². The number of furan rings is 1. The predicted molar refractivity (Wildman–Crippen MR) is 99.5 cm³/mol. The van der Waals surface area contributed by atoms with E-state index in [2.05, 4.69) is 10.6 Å². The monoisotopic (exact) mass is 352 g/mol. The zero-order valence-electron chi connectivity index (χ0n) is 12.9. The summed E-state index contributed by atoms with van der Waals surface area (Å²) in [5.74, 6) is 0.0306. The lowest BCUT2D eigenvalue weighted by atomic mass is 10.1. The molecule has 0 aliphatic rings. The molecule has 0 fully saturated rings. The Morgan fingerprint density at radius 3 is 2.52 bits per heavy atom. The molecule has 25 heavy (non-hydrogen) atoms. The number of para-hydroxylation sites is 2. The van der Waals surface area contributed by atoms with E-state index in [9.17, 15) is 9.90 Å². The molecule has 3 aromatic carbocycles. The second-order valence-corrected chi connectivity index (χ2v) is 5.93. The van der Waals surface area contributed by atoms with E-state index in [4.69, 9.17) is 16.0 Å². The molecule has 2 amide bonds. The number of carbonyl (C=O) groups is 1. The Labute approximate surface area is 147 Å². The number of rotatable bonds is 2. The second kappa shape index (κ2) is 6.03. The summed E-state index contributed by atoms with van der Waals surface area (Å²) in [6.07, 6.45) is 0. The molecule has 4 rings (SSSR count). The Balaban J connectivity index is 1.65. The van der Waals surface area contributed by atoms with E-state index in [0.29, 0.717) is 17.0 Å². The summed E-state index contributed by atoms with van der Waals surface area (Å²) in [6, 6.07) is 17.1. The number of anilines is 2. The van der Waals surface area contributed by atoms with E-state index in [1.807, 2.05) is 36.4 Å². The van der Waals surface area contributed by atoms with Gasteiger partial charge in [0.1, 0.15) is 11.3 Å². The fourth-order valence-corrected chi connectivity index (χ4v) is 2.95. The highest BCUT2D eigenvalue weighted by Crippen LogP contribution is 2.33. The fourth-order valence-electron chi connectivity index (χ4n) is 2.73. The Kier molecular flexibility index (Phi) is 3.71. The zero-order valence-corrected chi connectivity index (χ0v) is 13.7. The molecule has 1 heterocycles. The molecule has 0 radical (unpaired) electrons. The largest absolute Gasteiger partial charge is 0.508 e. The molecule has 0 saturated carbocycles. The number of nitrogens with one attached hydrogen (secondary N) is 2. The number of phenols is 1. The minimum Gasteiger partial charge on any atom is -0.508 e. The topological polar surface area (TPSA) is 74.5 Å². The lowest BCUT2D eigenvalue weighted by Crippen LogP contribution is -2.19. The second-order valence-electron chi connectivity index (χ2n) is 5.52. The molecule has 6 heteroatoms. The van der Waals surface area contributed by atoms with Gasteiger partial charge >= 0.3 is 6.03 Å². The van der Waals surface area contributed by atoms with Gasteiger partial charge < -0.3 is 20.2 Å². The minimum atomic E-state index is -0.458. The predicted octanol–water partition coefficient (Wildman–Crippen LogP) is 5.59. The van der Waals surface area contributed by atoms with Crippen molar-refractivity contribution in [2.24, 2.45) is 0 Å². The number of fused-ring (bicyclic) bond motifs is 3.